The number of nitrogens with one attached hydrogen (secondary N) is 2. The minimum Gasteiger partial charge on any atom is -0.507 e. The molecule has 5 unspecified atom stereocenters. The topological polar surface area (TPSA) is 215 Å². The number of nitriles is 1. The van der Waals surface area contributed by atoms with E-state index >= 15 is 8.78 Å². The van der Waals surface area contributed by atoms with Crippen molar-refractivity contribution < 1.29 is 32.7 Å². The molecule has 4 aliphatic heterocycles. The number of phenols is 1. The summed E-state index contributed by atoms with van der Waals surface area (Å²) >= 11 is 0. The van der Waals surface area contributed by atoms with E-state index in [1.807, 2.05) is 62.1 Å². The van der Waals surface area contributed by atoms with Gasteiger partial charge in [-0.1, -0.05) is 43.3 Å². The number of anilines is 3. The highest BCUT2D eigenvalue weighted by molar-refractivity contribution is 5.91. The fourth-order valence-electron chi connectivity index (χ4n) is 10.9. The Morgan fingerprint density at radius 3 is 2.52 bits per heavy atom. The van der Waals surface area contributed by atoms with Crippen molar-refractivity contribution >= 4 is 29.1 Å². The van der Waals surface area contributed by atoms with E-state index in [1.54, 1.807) is 47.5 Å². The van der Waals surface area contributed by atoms with Crippen molar-refractivity contribution in [2.45, 2.75) is 108 Å². The first-order chi connectivity index (χ1) is 35.2. The molecular weight excluding hydrogens is 935 g/mol. The van der Waals surface area contributed by atoms with Gasteiger partial charge < -0.3 is 45.4 Å². The number of likely N-dealkylation sites (tertiary alicyclic amines) is 2. The van der Waals surface area contributed by atoms with Crippen LogP contribution in [-0.2, 0) is 16.1 Å². The number of phenolic OH excluding ortho intramolecular Hbond substituents is 1. The number of nitrogens with zero attached hydrogens (tertiary/aromatic N) is 9. The second kappa shape index (κ2) is 22.5. The Hall–Kier alpha value is -6.91. The van der Waals surface area contributed by atoms with Crippen molar-refractivity contribution in [2.75, 3.05) is 67.9 Å². The average molecular weight is 1000 g/mol. The molecular formula is C54H66F2N12O5. The summed E-state index contributed by atoms with van der Waals surface area (Å²) in [6.07, 6.45) is 5.25. The van der Waals surface area contributed by atoms with Gasteiger partial charge in [-0.2, -0.15) is 5.26 Å². The quantitative estimate of drug-likeness (QED) is 0.0734. The summed E-state index contributed by atoms with van der Waals surface area (Å²) in [6.45, 7) is 10.1. The summed E-state index contributed by atoms with van der Waals surface area (Å²) in [7, 11) is 0. The van der Waals surface area contributed by atoms with Crippen LogP contribution in [0.5, 0.6) is 11.6 Å². The highest BCUT2D eigenvalue weighted by Crippen LogP contribution is 2.37. The van der Waals surface area contributed by atoms with Gasteiger partial charge in [0.25, 0.3) is 5.92 Å². The molecule has 4 saturated heterocycles. The summed E-state index contributed by atoms with van der Waals surface area (Å²) in [5.74, 6) is -2.51. The SMILES string of the molecule is CC(NC(=O)C1CCCN1C(=O)C(c1cc(N2CCC(CN3CCC(Oc4cc(CN(CC5CCCN5)c5cc(-c6ccccc6O)nnc5N)ccn4)C(F)(F)C3)CC2)no1)C(C)C)c1ccc(C#N)cc1. The molecule has 3 aromatic heterocycles. The largest absolute Gasteiger partial charge is 0.507 e. The first-order valence-electron chi connectivity index (χ1n) is 25.7. The zero-order valence-corrected chi connectivity index (χ0v) is 41.8. The van der Waals surface area contributed by atoms with Crippen LogP contribution in [0.2, 0.25) is 0 Å². The number of alkyl halides is 2. The van der Waals surface area contributed by atoms with Gasteiger partial charge in [-0.15, -0.1) is 10.2 Å². The molecule has 19 heteroatoms. The highest BCUT2D eigenvalue weighted by atomic mass is 19.3. The Kier molecular flexibility index (Phi) is 15.7. The third-order valence-electron chi connectivity index (χ3n) is 14.9. The van der Waals surface area contributed by atoms with Gasteiger partial charge in [0.2, 0.25) is 17.7 Å². The summed E-state index contributed by atoms with van der Waals surface area (Å²) in [4.78, 5) is 39.9. The summed E-state index contributed by atoms with van der Waals surface area (Å²) < 4.78 is 43.9. The van der Waals surface area contributed by atoms with Gasteiger partial charge in [-0.3, -0.25) is 14.5 Å². The standard InChI is InChI=1S/C54H66F2N12O5/c1-34(2)50(53(71)68-22-7-10-43(68)52(70)61-35(3)39-14-12-36(29-57)13-15-39)46-28-48(64-73-46)66-24-17-37(18-25-66)30-65-23-19-47(54(55,56)33-65)72-49-26-38(16-21-60-49)31-67(32-40-8-6-20-59-40)44-27-42(62-63-51(44)58)41-9-4-5-11-45(41)69/h4-5,9,11-16,21,26-28,34-35,37,40,43,47,50,59,69H,6-8,10,17-20,22-25,30-33H2,1-3H3,(H2,58,63)(H,61,70). The fourth-order valence-corrected chi connectivity index (χ4v) is 10.9. The predicted octanol–water partition coefficient (Wildman–Crippen LogP) is 7.06. The molecule has 386 valence electrons. The number of pyridine rings is 1. The Labute approximate surface area is 425 Å². The second-order valence-corrected chi connectivity index (χ2v) is 20.5. The number of amides is 2. The summed E-state index contributed by atoms with van der Waals surface area (Å²) in [5, 5.41) is 39.2. The maximum absolute atomic E-state index is 16.0. The van der Waals surface area contributed by atoms with Crippen LogP contribution >= 0.6 is 0 Å². The van der Waals surface area contributed by atoms with Gasteiger partial charge in [0, 0.05) is 82.2 Å². The van der Waals surface area contributed by atoms with Gasteiger partial charge in [0.05, 0.1) is 35.6 Å². The molecule has 0 saturated carbocycles. The third-order valence-corrected chi connectivity index (χ3v) is 14.9. The number of carbonyl (C=O) groups is 2. The van der Waals surface area contributed by atoms with Crippen molar-refractivity contribution in [3.8, 4) is 29.0 Å². The Morgan fingerprint density at radius 1 is 1.00 bits per heavy atom. The normalized spacial score (nSPS) is 21.2. The number of ether oxygens (including phenoxy) is 1. The molecule has 5 atom stereocenters. The molecule has 17 nitrogen and oxygen atoms in total. The number of hydrogen-bond donors (Lipinski definition) is 4. The van der Waals surface area contributed by atoms with Gasteiger partial charge in [0.15, 0.2) is 23.5 Å². The minimum absolute atomic E-state index is 0.0777. The van der Waals surface area contributed by atoms with E-state index in [0.717, 1.165) is 43.4 Å². The van der Waals surface area contributed by atoms with Crippen LogP contribution in [0.3, 0.4) is 0 Å². The van der Waals surface area contributed by atoms with Crippen molar-refractivity contribution in [1.82, 2.24) is 40.8 Å². The first kappa shape index (κ1) is 51.0. The number of aromatic nitrogens is 4. The molecule has 0 bridgehead atoms. The molecule has 73 heavy (non-hydrogen) atoms. The number of piperidine rings is 2. The van der Waals surface area contributed by atoms with E-state index in [0.29, 0.717) is 92.7 Å². The maximum Gasteiger partial charge on any atom is 0.296 e. The van der Waals surface area contributed by atoms with Crippen LogP contribution in [0, 0.1) is 23.2 Å². The van der Waals surface area contributed by atoms with Crippen LogP contribution < -0.4 is 30.9 Å². The van der Waals surface area contributed by atoms with E-state index in [2.05, 4.69) is 46.8 Å². The number of rotatable bonds is 17. The predicted molar refractivity (Wildman–Crippen MR) is 272 cm³/mol. The zero-order valence-electron chi connectivity index (χ0n) is 41.8. The van der Waals surface area contributed by atoms with Gasteiger partial charge in [-0.05, 0) is 111 Å². The van der Waals surface area contributed by atoms with Crippen molar-refractivity contribution in [3.05, 3.63) is 101 Å². The summed E-state index contributed by atoms with van der Waals surface area (Å²) in [6, 6.07) is 22.6. The number of aromatic hydroxyl groups is 1. The van der Waals surface area contributed by atoms with Crippen molar-refractivity contribution in [3.63, 3.8) is 0 Å². The van der Waals surface area contributed by atoms with E-state index in [9.17, 15) is 14.7 Å². The van der Waals surface area contributed by atoms with Crippen LogP contribution in [0.25, 0.3) is 11.3 Å². The lowest BCUT2D eigenvalue weighted by atomic mass is 9.91. The molecule has 5 aromatic rings. The highest BCUT2D eigenvalue weighted by Gasteiger charge is 2.47. The van der Waals surface area contributed by atoms with Crippen molar-refractivity contribution in [2.24, 2.45) is 11.8 Å². The minimum atomic E-state index is -3.11. The number of nitrogens with two attached hydrogens (primary N) is 1. The Bertz CT molecular complexity index is 2740. The molecule has 2 aromatic carbocycles. The third kappa shape index (κ3) is 12.0. The second-order valence-electron chi connectivity index (χ2n) is 20.5. The average Bonchev–Trinajstić information content (AvgIpc) is 4.20. The molecule has 2 amide bonds. The molecule has 0 aliphatic carbocycles. The molecule has 7 heterocycles. The van der Waals surface area contributed by atoms with Crippen LogP contribution in [0.15, 0.2) is 83.5 Å². The smallest absolute Gasteiger partial charge is 0.296 e. The van der Waals surface area contributed by atoms with Gasteiger partial charge in [-0.25, -0.2) is 13.8 Å². The number of hydrogen-bond acceptors (Lipinski definition) is 15. The number of para-hydroxylation sites is 1. The maximum atomic E-state index is 16.0. The number of halogens is 2. The lowest BCUT2D eigenvalue weighted by Gasteiger charge is -2.40. The van der Waals surface area contributed by atoms with Crippen molar-refractivity contribution in [1.29, 1.82) is 5.26 Å². The molecule has 4 fully saturated rings. The molecule has 5 N–H and O–H groups in total. The van der Waals surface area contributed by atoms with E-state index in [-0.39, 0.29) is 59.6 Å². The van der Waals surface area contributed by atoms with Gasteiger partial charge in [0.1, 0.15) is 17.7 Å². The first-order valence-corrected chi connectivity index (χ1v) is 25.7. The molecule has 0 spiro atoms. The van der Waals surface area contributed by atoms with Crippen LogP contribution in [-0.4, -0.2) is 124 Å². The van der Waals surface area contributed by atoms with Crippen LogP contribution in [0.1, 0.15) is 100 Å². The Balaban J connectivity index is 0.770. The van der Waals surface area contributed by atoms with E-state index < -0.39 is 30.5 Å². The fraction of sp³-hybridized carbons (Fsp3) is 0.500. The summed E-state index contributed by atoms with van der Waals surface area (Å²) in [5.41, 5.74) is 10.3. The zero-order chi connectivity index (χ0) is 51.2. The van der Waals surface area contributed by atoms with E-state index in [1.165, 1.54) is 0 Å². The van der Waals surface area contributed by atoms with Gasteiger partial charge >= 0.3 is 0 Å². The van der Waals surface area contributed by atoms with Crippen LogP contribution in [0.4, 0.5) is 26.1 Å². The number of carbonyl (C=O) groups excluding carboxylic acids is 2. The molecule has 0 radical (unpaired) electrons. The molecule has 9 rings (SSSR count). The lowest BCUT2D eigenvalue weighted by Crippen LogP contribution is -2.55. The Morgan fingerprint density at radius 2 is 1.79 bits per heavy atom. The van der Waals surface area contributed by atoms with E-state index in [4.69, 9.17) is 20.3 Å². The number of nitrogen functional groups attached to an aromatic ring is 1. The number of benzene rings is 2. The lowest BCUT2D eigenvalue weighted by molar-refractivity contribution is -0.142. The molecule has 4 aliphatic rings. The monoisotopic (exact) mass is 1000 g/mol.